The van der Waals surface area contributed by atoms with Crippen molar-refractivity contribution >= 4 is 23.9 Å². The Morgan fingerprint density at radius 3 is 1.38 bits per heavy atom. The van der Waals surface area contributed by atoms with Crippen LogP contribution in [0, 0.1) is 0 Å². The summed E-state index contributed by atoms with van der Waals surface area (Å²) in [5, 5.41) is 4.51. The summed E-state index contributed by atoms with van der Waals surface area (Å²) in [6.45, 7) is 8.23. The van der Waals surface area contributed by atoms with Gasteiger partial charge in [0.1, 0.15) is 17.2 Å². The molecule has 2 fully saturated rings. The number of imide groups is 2. The predicted octanol–water partition coefficient (Wildman–Crippen LogP) is 0.383. The molecule has 8 heteroatoms. The minimum Gasteiger partial charge on any atom is -0.290 e. The highest BCUT2D eigenvalue weighted by Crippen LogP contribution is 2.32. The van der Waals surface area contributed by atoms with Gasteiger partial charge in [-0.25, -0.2) is 9.59 Å². The average Bonchev–Trinajstić information content (AvgIpc) is 2.67. The summed E-state index contributed by atoms with van der Waals surface area (Å²) in [5.74, 6) is -0.843. The fourth-order valence-electron chi connectivity index (χ4n) is 2.84. The minimum absolute atomic E-state index is 0.397. The van der Waals surface area contributed by atoms with Gasteiger partial charge in [-0.2, -0.15) is 0 Å². The van der Waals surface area contributed by atoms with Gasteiger partial charge in [0.25, 0.3) is 11.8 Å². The summed E-state index contributed by atoms with van der Waals surface area (Å²) in [6, 6.07) is -1.11. The molecule has 0 saturated carbocycles. The summed E-state index contributed by atoms with van der Waals surface area (Å²) in [4.78, 5) is 50.7. The molecule has 0 unspecified atom stereocenters. The van der Waals surface area contributed by atoms with Crippen molar-refractivity contribution < 1.29 is 19.2 Å². The molecular formula is C13H20N4O4. The zero-order valence-corrected chi connectivity index (χ0v) is 12.8. The topological polar surface area (TPSA) is 98.8 Å². The van der Waals surface area contributed by atoms with Crippen LogP contribution in [0.3, 0.4) is 0 Å². The lowest BCUT2D eigenvalue weighted by Crippen LogP contribution is -2.61. The van der Waals surface area contributed by atoms with E-state index in [0.717, 1.165) is 0 Å². The summed E-state index contributed by atoms with van der Waals surface area (Å²) >= 11 is 0. The van der Waals surface area contributed by atoms with E-state index < -0.39 is 41.1 Å². The van der Waals surface area contributed by atoms with Crippen molar-refractivity contribution in [3.8, 4) is 0 Å². The highest BCUT2D eigenvalue weighted by molar-refractivity contribution is 6.08. The average molecular weight is 296 g/mol. The molecule has 8 nitrogen and oxygen atoms in total. The lowest BCUT2D eigenvalue weighted by atomic mass is 9.99. The third-order valence-electron chi connectivity index (χ3n) is 4.16. The van der Waals surface area contributed by atoms with E-state index in [4.69, 9.17) is 0 Å². The van der Waals surface area contributed by atoms with Gasteiger partial charge in [-0.15, -0.1) is 0 Å². The largest absolute Gasteiger partial charge is 0.326 e. The molecule has 0 spiro atoms. The molecule has 0 aromatic carbocycles. The third-order valence-corrected chi connectivity index (χ3v) is 4.16. The summed E-state index contributed by atoms with van der Waals surface area (Å²) in [5.41, 5.74) is -2.17. The fourth-order valence-corrected chi connectivity index (χ4v) is 2.84. The van der Waals surface area contributed by atoms with Gasteiger partial charge in [-0.05, 0) is 34.1 Å². The van der Waals surface area contributed by atoms with Gasteiger partial charge < -0.3 is 0 Å². The second kappa shape index (κ2) is 4.44. The van der Waals surface area contributed by atoms with E-state index in [9.17, 15) is 19.2 Å². The minimum atomic E-state index is -1.08. The Morgan fingerprint density at radius 2 is 1.19 bits per heavy atom. The summed E-state index contributed by atoms with van der Waals surface area (Å²) < 4.78 is 0. The van der Waals surface area contributed by atoms with E-state index in [-0.39, 0.29) is 0 Å². The Labute approximate surface area is 122 Å². The Kier molecular flexibility index (Phi) is 3.23. The quantitative estimate of drug-likeness (QED) is 0.736. The predicted molar refractivity (Wildman–Crippen MR) is 73.0 cm³/mol. The van der Waals surface area contributed by atoms with E-state index in [0.29, 0.717) is 6.42 Å². The van der Waals surface area contributed by atoms with E-state index in [1.807, 2.05) is 0 Å². The number of carbonyl (C=O) groups is 4. The zero-order valence-electron chi connectivity index (χ0n) is 12.8. The Bertz CT molecular complexity index is 494. The highest BCUT2D eigenvalue weighted by atomic mass is 16.2. The van der Waals surface area contributed by atoms with E-state index >= 15 is 0 Å². The number of nitrogens with zero attached hydrogens (tertiary/aromatic N) is 2. The second-order valence-electron chi connectivity index (χ2n) is 6.27. The van der Waals surface area contributed by atoms with Crippen molar-refractivity contribution in [3.05, 3.63) is 0 Å². The Hall–Kier alpha value is -2.12. The van der Waals surface area contributed by atoms with Gasteiger partial charge in [-0.3, -0.25) is 30.0 Å². The van der Waals surface area contributed by atoms with Crippen LogP contribution in [0.5, 0.6) is 0 Å². The number of carbonyl (C=O) groups excluding carboxylic acids is 4. The number of hydrogen-bond acceptors (Lipinski definition) is 4. The number of urea groups is 2. The number of amides is 6. The fraction of sp³-hybridized carbons (Fsp3) is 0.692. The maximum Gasteiger partial charge on any atom is 0.326 e. The van der Waals surface area contributed by atoms with Crippen LogP contribution < -0.4 is 10.6 Å². The molecule has 0 aromatic rings. The molecule has 0 aliphatic carbocycles. The normalized spacial score (nSPS) is 23.9. The first kappa shape index (κ1) is 15.3. The van der Waals surface area contributed by atoms with Gasteiger partial charge in [0.2, 0.25) is 0 Å². The van der Waals surface area contributed by atoms with Crippen LogP contribution in [-0.4, -0.2) is 50.9 Å². The molecule has 0 bridgehead atoms. The molecule has 6 amide bonds. The first-order chi connectivity index (χ1) is 9.55. The first-order valence-corrected chi connectivity index (χ1v) is 6.84. The third kappa shape index (κ3) is 1.97. The van der Waals surface area contributed by atoms with Crippen molar-refractivity contribution in [2.24, 2.45) is 0 Å². The zero-order chi connectivity index (χ0) is 16.2. The van der Waals surface area contributed by atoms with Crippen LogP contribution in [-0.2, 0) is 9.59 Å². The smallest absolute Gasteiger partial charge is 0.290 e. The molecule has 2 N–H and O–H groups in total. The molecule has 2 heterocycles. The van der Waals surface area contributed by atoms with Crippen molar-refractivity contribution in [2.45, 2.75) is 58.3 Å². The Morgan fingerprint density at radius 1 is 0.857 bits per heavy atom. The molecule has 0 radical (unpaired) electrons. The molecule has 0 aromatic heterocycles. The van der Waals surface area contributed by atoms with Gasteiger partial charge in [0.05, 0.1) is 0 Å². The molecular weight excluding hydrogens is 276 g/mol. The van der Waals surface area contributed by atoms with Crippen LogP contribution >= 0.6 is 0 Å². The molecule has 2 aliphatic rings. The van der Waals surface area contributed by atoms with Crippen LogP contribution in [0.4, 0.5) is 9.59 Å². The highest BCUT2D eigenvalue weighted by Gasteiger charge is 2.56. The van der Waals surface area contributed by atoms with Crippen molar-refractivity contribution in [2.75, 3.05) is 0 Å². The van der Waals surface area contributed by atoms with Crippen LogP contribution in [0.1, 0.15) is 41.0 Å². The standard InChI is InChI=1S/C13H20N4O4/c1-6-7(16-10(20)14-8(18)12(16,2)3)17-11(21)15-9(19)13(17,4)5/h7H,6H2,1-5H3,(H,14,18,20)(H,15,19,21). The van der Waals surface area contributed by atoms with Crippen molar-refractivity contribution in [1.82, 2.24) is 20.4 Å². The van der Waals surface area contributed by atoms with E-state index in [1.54, 1.807) is 34.6 Å². The summed E-state index contributed by atoms with van der Waals surface area (Å²) in [7, 11) is 0. The van der Waals surface area contributed by atoms with Crippen LogP contribution in [0.25, 0.3) is 0 Å². The van der Waals surface area contributed by atoms with E-state index in [2.05, 4.69) is 10.6 Å². The monoisotopic (exact) mass is 296 g/mol. The number of nitrogens with one attached hydrogen (secondary N) is 2. The lowest BCUT2D eigenvalue weighted by molar-refractivity contribution is -0.129. The maximum absolute atomic E-state index is 12.1. The molecule has 0 atom stereocenters. The SMILES string of the molecule is CCC(N1C(=O)NC(=O)C1(C)C)N1C(=O)NC(=O)C1(C)C. The van der Waals surface area contributed by atoms with Crippen LogP contribution in [0.15, 0.2) is 0 Å². The molecule has 21 heavy (non-hydrogen) atoms. The van der Waals surface area contributed by atoms with Gasteiger partial charge in [0, 0.05) is 0 Å². The van der Waals surface area contributed by atoms with Crippen molar-refractivity contribution in [3.63, 3.8) is 0 Å². The van der Waals surface area contributed by atoms with Gasteiger partial charge >= 0.3 is 12.1 Å². The first-order valence-electron chi connectivity index (χ1n) is 6.84. The molecule has 2 aliphatic heterocycles. The van der Waals surface area contributed by atoms with E-state index in [1.165, 1.54) is 9.80 Å². The van der Waals surface area contributed by atoms with Crippen LogP contribution in [0.2, 0.25) is 0 Å². The number of hydrogen-bond donors (Lipinski definition) is 2. The second-order valence-corrected chi connectivity index (χ2v) is 6.27. The van der Waals surface area contributed by atoms with Gasteiger partial charge in [-0.1, -0.05) is 6.92 Å². The molecule has 2 rings (SSSR count). The molecule has 116 valence electrons. The van der Waals surface area contributed by atoms with Crippen molar-refractivity contribution in [1.29, 1.82) is 0 Å². The Balaban J connectivity index is 2.45. The number of rotatable bonds is 3. The maximum atomic E-state index is 12.1. The molecule has 2 saturated heterocycles. The van der Waals surface area contributed by atoms with Gasteiger partial charge in [0.15, 0.2) is 0 Å². The lowest BCUT2D eigenvalue weighted by Gasteiger charge is -2.43. The summed E-state index contributed by atoms with van der Waals surface area (Å²) in [6.07, 6.45) is -0.290.